The minimum Gasteiger partial charge on any atom is -0.507 e. The highest BCUT2D eigenvalue weighted by molar-refractivity contribution is 9.09. The van der Waals surface area contributed by atoms with E-state index in [2.05, 4.69) is 21.2 Å². The minimum atomic E-state index is -0.557. The second kappa shape index (κ2) is 4.64. The van der Waals surface area contributed by atoms with Gasteiger partial charge < -0.3 is 10.4 Å². The smallest absolute Gasteiger partial charge is 0.255 e. The molecule has 1 aromatic rings. The topological polar surface area (TPSA) is 49.3 Å². The van der Waals surface area contributed by atoms with Crippen LogP contribution in [-0.4, -0.2) is 22.9 Å². The Morgan fingerprint density at radius 3 is 2.76 bits per heavy atom. The Morgan fingerprint density at radius 1 is 1.53 bits per heavy atom. The van der Waals surface area contributed by atoms with E-state index in [-0.39, 0.29) is 22.6 Å². The number of amides is 1. The number of hydrogen-bond donors (Lipinski definition) is 2. The van der Waals surface area contributed by atoms with Gasteiger partial charge in [0.15, 0.2) is 0 Å². The molecular formula is C12H13BrFNO2. The van der Waals surface area contributed by atoms with Crippen LogP contribution in [0.2, 0.25) is 0 Å². The highest BCUT2D eigenvalue weighted by Crippen LogP contribution is 2.46. The molecule has 0 aromatic heterocycles. The summed E-state index contributed by atoms with van der Waals surface area (Å²) in [4.78, 5) is 11.8. The molecule has 1 saturated carbocycles. The lowest BCUT2D eigenvalue weighted by Gasteiger charge is -2.13. The van der Waals surface area contributed by atoms with Gasteiger partial charge in [-0.3, -0.25) is 4.79 Å². The SMILES string of the molecule is O=C(NCC1(CBr)CC1)c1ccc(F)cc1O. The lowest BCUT2D eigenvalue weighted by molar-refractivity contribution is 0.0944. The highest BCUT2D eigenvalue weighted by atomic mass is 79.9. The zero-order chi connectivity index (χ0) is 12.5. The fraction of sp³-hybridized carbons (Fsp3) is 0.417. The Kier molecular flexibility index (Phi) is 3.38. The Hall–Kier alpha value is -1.10. The van der Waals surface area contributed by atoms with E-state index < -0.39 is 5.82 Å². The molecule has 0 radical (unpaired) electrons. The second-order valence-corrected chi connectivity index (χ2v) is 5.04. The first kappa shape index (κ1) is 12.4. The first-order valence-electron chi connectivity index (χ1n) is 5.39. The summed E-state index contributed by atoms with van der Waals surface area (Å²) in [5.41, 5.74) is 0.280. The Balaban J connectivity index is 2.00. The number of halogens is 2. The molecule has 1 aromatic carbocycles. The zero-order valence-electron chi connectivity index (χ0n) is 9.17. The van der Waals surface area contributed by atoms with Crippen molar-refractivity contribution in [2.75, 3.05) is 11.9 Å². The molecular weight excluding hydrogens is 289 g/mol. The average molecular weight is 302 g/mol. The molecule has 5 heteroatoms. The molecule has 1 amide bonds. The van der Waals surface area contributed by atoms with Gasteiger partial charge in [-0.1, -0.05) is 15.9 Å². The molecule has 1 aliphatic rings. The van der Waals surface area contributed by atoms with Crippen LogP contribution in [0.3, 0.4) is 0 Å². The van der Waals surface area contributed by atoms with Crippen molar-refractivity contribution < 1.29 is 14.3 Å². The first-order chi connectivity index (χ1) is 8.06. The van der Waals surface area contributed by atoms with Crippen molar-refractivity contribution in [1.29, 1.82) is 0 Å². The molecule has 0 heterocycles. The van der Waals surface area contributed by atoms with Crippen LogP contribution < -0.4 is 5.32 Å². The number of aromatic hydroxyl groups is 1. The van der Waals surface area contributed by atoms with Crippen LogP contribution >= 0.6 is 15.9 Å². The Morgan fingerprint density at radius 2 is 2.24 bits per heavy atom. The van der Waals surface area contributed by atoms with E-state index in [9.17, 15) is 14.3 Å². The summed E-state index contributed by atoms with van der Waals surface area (Å²) >= 11 is 3.41. The number of alkyl halides is 1. The fourth-order valence-corrected chi connectivity index (χ4v) is 2.35. The number of benzene rings is 1. The van der Waals surface area contributed by atoms with Gasteiger partial charge in [-0.05, 0) is 30.4 Å². The van der Waals surface area contributed by atoms with E-state index in [1.54, 1.807) is 0 Å². The number of carbonyl (C=O) groups excluding carboxylic acids is 1. The van der Waals surface area contributed by atoms with Crippen molar-refractivity contribution in [3.63, 3.8) is 0 Å². The second-order valence-electron chi connectivity index (χ2n) is 4.48. The van der Waals surface area contributed by atoms with Crippen molar-refractivity contribution in [2.24, 2.45) is 5.41 Å². The van der Waals surface area contributed by atoms with Gasteiger partial charge in [-0.25, -0.2) is 4.39 Å². The Labute approximate surface area is 107 Å². The molecule has 0 unspecified atom stereocenters. The predicted octanol–water partition coefficient (Wildman–Crippen LogP) is 2.44. The monoisotopic (exact) mass is 301 g/mol. The number of rotatable bonds is 4. The van der Waals surface area contributed by atoms with Gasteiger partial charge in [0.25, 0.3) is 5.91 Å². The van der Waals surface area contributed by atoms with Crippen molar-refractivity contribution >= 4 is 21.8 Å². The maximum absolute atomic E-state index is 12.8. The largest absolute Gasteiger partial charge is 0.507 e. The van der Waals surface area contributed by atoms with E-state index in [4.69, 9.17) is 0 Å². The van der Waals surface area contributed by atoms with Gasteiger partial charge in [0.2, 0.25) is 0 Å². The fourth-order valence-electron chi connectivity index (χ4n) is 1.59. The zero-order valence-corrected chi connectivity index (χ0v) is 10.8. The summed E-state index contributed by atoms with van der Waals surface area (Å²) in [5, 5.41) is 13.1. The molecule has 0 spiro atoms. The van der Waals surface area contributed by atoms with E-state index in [1.165, 1.54) is 6.07 Å². The third kappa shape index (κ3) is 2.77. The van der Waals surface area contributed by atoms with Gasteiger partial charge in [-0.2, -0.15) is 0 Å². The number of phenolic OH excluding ortho intramolecular Hbond substituents is 1. The number of nitrogens with one attached hydrogen (secondary N) is 1. The summed E-state index contributed by atoms with van der Waals surface area (Å²) in [5.74, 6) is -1.25. The molecule has 17 heavy (non-hydrogen) atoms. The summed E-state index contributed by atoms with van der Waals surface area (Å²) in [6.07, 6.45) is 2.18. The molecule has 2 N–H and O–H groups in total. The highest BCUT2D eigenvalue weighted by Gasteiger charge is 2.41. The maximum atomic E-state index is 12.8. The third-order valence-electron chi connectivity index (χ3n) is 3.07. The van der Waals surface area contributed by atoms with Crippen LogP contribution in [0.5, 0.6) is 5.75 Å². The van der Waals surface area contributed by atoms with Crippen molar-refractivity contribution in [3.05, 3.63) is 29.6 Å². The number of carbonyl (C=O) groups is 1. The molecule has 0 atom stereocenters. The molecule has 0 saturated heterocycles. The molecule has 1 aliphatic carbocycles. The number of phenols is 1. The predicted molar refractivity (Wildman–Crippen MR) is 65.9 cm³/mol. The summed E-state index contributed by atoms with van der Waals surface area (Å²) in [7, 11) is 0. The quantitative estimate of drug-likeness (QED) is 0.839. The van der Waals surface area contributed by atoms with Gasteiger partial charge in [0, 0.05) is 17.9 Å². The van der Waals surface area contributed by atoms with Crippen LogP contribution in [0.4, 0.5) is 4.39 Å². The third-order valence-corrected chi connectivity index (χ3v) is 4.26. The molecule has 0 aliphatic heterocycles. The van der Waals surface area contributed by atoms with E-state index in [0.717, 1.165) is 30.3 Å². The van der Waals surface area contributed by atoms with Crippen LogP contribution in [-0.2, 0) is 0 Å². The van der Waals surface area contributed by atoms with Gasteiger partial charge in [-0.15, -0.1) is 0 Å². The summed E-state index contributed by atoms with van der Waals surface area (Å²) in [6, 6.07) is 3.38. The van der Waals surface area contributed by atoms with Crippen LogP contribution in [0, 0.1) is 11.2 Å². The first-order valence-corrected chi connectivity index (χ1v) is 6.51. The van der Waals surface area contributed by atoms with Crippen molar-refractivity contribution in [1.82, 2.24) is 5.32 Å². The van der Waals surface area contributed by atoms with Gasteiger partial charge in [0.1, 0.15) is 11.6 Å². The standard InChI is InChI=1S/C12H13BrFNO2/c13-6-12(3-4-12)7-15-11(17)9-2-1-8(14)5-10(9)16/h1-2,5,16H,3-4,6-7H2,(H,15,17). The lowest BCUT2D eigenvalue weighted by atomic mass is 10.1. The molecule has 3 nitrogen and oxygen atoms in total. The lowest BCUT2D eigenvalue weighted by Crippen LogP contribution is -2.30. The molecule has 0 bridgehead atoms. The molecule has 1 fully saturated rings. The van der Waals surface area contributed by atoms with Crippen LogP contribution in [0.1, 0.15) is 23.2 Å². The van der Waals surface area contributed by atoms with Gasteiger partial charge >= 0.3 is 0 Å². The number of hydrogen-bond acceptors (Lipinski definition) is 2. The minimum absolute atomic E-state index is 0.108. The normalized spacial score (nSPS) is 16.6. The maximum Gasteiger partial charge on any atom is 0.255 e. The van der Waals surface area contributed by atoms with E-state index in [0.29, 0.717) is 6.54 Å². The van der Waals surface area contributed by atoms with E-state index in [1.807, 2.05) is 0 Å². The summed E-state index contributed by atoms with van der Waals surface area (Å²) in [6.45, 7) is 0.577. The van der Waals surface area contributed by atoms with Gasteiger partial charge in [0.05, 0.1) is 5.56 Å². The van der Waals surface area contributed by atoms with Crippen molar-refractivity contribution in [2.45, 2.75) is 12.8 Å². The van der Waals surface area contributed by atoms with Crippen LogP contribution in [0.15, 0.2) is 18.2 Å². The average Bonchev–Trinajstić information content (AvgIpc) is 3.07. The van der Waals surface area contributed by atoms with Crippen LogP contribution in [0.25, 0.3) is 0 Å². The Bertz CT molecular complexity index is 446. The van der Waals surface area contributed by atoms with Crippen molar-refractivity contribution in [3.8, 4) is 5.75 Å². The molecule has 92 valence electrons. The van der Waals surface area contributed by atoms with E-state index >= 15 is 0 Å². The molecule has 2 rings (SSSR count). The summed E-state index contributed by atoms with van der Waals surface area (Å²) < 4.78 is 12.8.